The third-order valence-corrected chi connectivity index (χ3v) is 3.25. The zero-order valence-corrected chi connectivity index (χ0v) is 9.42. The van der Waals surface area contributed by atoms with Crippen LogP contribution in [0.2, 0.25) is 0 Å². The minimum Gasteiger partial charge on any atom is -0.382 e. The van der Waals surface area contributed by atoms with E-state index in [0.717, 1.165) is 18.8 Å². The first-order valence-corrected chi connectivity index (χ1v) is 5.55. The summed E-state index contributed by atoms with van der Waals surface area (Å²) < 4.78 is 10.8. The number of hydrogen-bond acceptors (Lipinski definition) is 3. The van der Waals surface area contributed by atoms with Crippen molar-refractivity contribution < 1.29 is 9.47 Å². The Labute approximate surface area is 86.9 Å². The Morgan fingerprint density at radius 2 is 1.93 bits per heavy atom. The highest BCUT2D eigenvalue weighted by Gasteiger charge is 2.33. The molecule has 0 aromatic heterocycles. The van der Waals surface area contributed by atoms with Crippen molar-refractivity contribution in [3.05, 3.63) is 0 Å². The second kappa shape index (κ2) is 5.69. The molecule has 0 heterocycles. The average molecular weight is 201 g/mol. The van der Waals surface area contributed by atoms with Gasteiger partial charge in [0.2, 0.25) is 0 Å². The SMILES string of the molecule is COCCOC1(CN)CCC(C)CC1. The third kappa shape index (κ3) is 3.23. The molecule has 0 atom stereocenters. The Kier molecular flexibility index (Phi) is 4.85. The van der Waals surface area contributed by atoms with Gasteiger partial charge in [0.05, 0.1) is 18.8 Å². The minimum absolute atomic E-state index is 0.0506. The standard InChI is InChI=1S/C11H23NO2/c1-10-3-5-11(9-12,6-4-10)14-8-7-13-2/h10H,3-9,12H2,1-2H3. The maximum atomic E-state index is 5.86. The van der Waals surface area contributed by atoms with Gasteiger partial charge in [-0.3, -0.25) is 0 Å². The van der Waals surface area contributed by atoms with E-state index in [-0.39, 0.29) is 5.60 Å². The van der Waals surface area contributed by atoms with Gasteiger partial charge in [-0.25, -0.2) is 0 Å². The highest BCUT2D eigenvalue weighted by molar-refractivity contribution is 4.87. The smallest absolute Gasteiger partial charge is 0.0805 e. The maximum Gasteiger partial charge on any atom is 0.0805 e. The van der Waals surface area contributed by atoms with E-state index in [4.69, 9.17) is 15.2 Å². The van der Waals surface area contributed by atoms with Crippen molar-refractivity contribution in [2.24, 2.45) is 11.7 Å². The Morgan fingerprint density at radius 3 is 2.43 bits per heavy atom. The van der Waals surface area contributed by atoms with E-state index >= 15 is 0 Å². The fraction of sp³-hybridized carbons (Fsp3) is 1.00. The predicted octanol–water partition coefficient (Wildman–Crippen LogP) is 1.56. The summed E-state index contributed by atoms with van der Waals surface area (Å²) in [5, 5.41) is 0. The second-order valence-electron chi connectivity index (χ2n) is 4.41. The summed E-state index contributed by atoms with van der Waals surface area (Å²) in [5.74, 6) is 0.834. The highest BCUT2D eigenvalue weighted by atomic mass is 16.5. The van der Waals surface area contributed by atoms with Crippen LogP contribution in [0, 0.1) is 5.92 Å². The van der Waals surface area contributed by atoms with E-state index in [1.54, 1.807) is 7.11 Å². The molecule has 1 aliphatic carbocycles. The molecule has 3 heteroatoms. The predicted molar refractivity (Wildman–Crippen MR) is 57.2 cm³/mol. The van der Waals surface area contributed by atoms with Crippen LogP contribution in [-0.2, 0) is 9.47 Å². The first kappa shape index (κ1) is 12.0. The van der Waals surface area contributed by atoms with E-state index in [9.17, 15) is 0 Å². The molecule has 2 N–H and O–H groups in total. The van der Waals surface area contributed by atoms with Gasteiger partial charge < -0.3 is 15.2 Å². The lowest BCUT2D eigenvalue weighted by atomic mass is 9.79. The van der Waals surface area contributed by atoms with Crippen molar-refractivity contribution in [3.63, 3.8) is 0 Å². The van der Waals surface area contributed by atoms with Crippen molar-refractivity contribution in [3.8, 4) is 0 Å². The highest BCUT2D eigenvalue weighted by Crippen LogP contribution is 2.33. The van der Waals surface area contributed by atoms with E-state index in [1.807, 2.05) is 0 Å². The van der Waals surface area contributed by atoms with Gasteiger partial charge in [0.25, 0.3) is 0 Å². The molecule has 0 aromatic rings. The van der Waals surface area contributed by atoms with Crippen molar-refractivity contribution in [1.29, 1.82) is 0 Å². The molecule has 1 rings (SSSR count). The van der Waals surface area contributed by atoms with Crippen LogP contribution >= 0.6 is 0 Å². The van der Waals surface area contributed by atoms with Crippen LogP contribution in [0.3, 0.4) is 0 Å². The summed E-state index contributed by atoms with van der Waals surface area (Å²) in [6, 6.07) is 0. The van der Waals surface area contributed by atoms with Gasteiger partial charge >= 0.3 is 0 Å². The molecule has 0 radical (unpaired) electrons. The molecule has 1 saturated carbocycles. The van der Waals surface area contributed by atoms with Crippen molar-refractivity contribution in [2.45, 2.75) is 38.2 Å². The molecule has 0 bridgehead atoms. The molecule has 1 aliphatic rings. The summed E-state index contributed by atoms with van der Waals surface area (Å²) in [4.78, 5) is 0. The summed E-state index contributed by atoms with van der Waals surface area (Å²) in [5.41, 5.74) is 5.75. The first-order chi connectivity index (χ1) is 6.72. The molecule has 3 nitrogen and oxygen atoms in total. The van der Waals surface area contributed by atoms with Crippen LogP contribution in [0.25, 0.3) is 0 Å². The van der Waals surface area contributed by atoms with E-state index in [2.05, 4.69) is 6.92 Å². The monoisotopic (exact) mass is 201 g/mol. The van der Waals surface area contributed by atoms with Crippen molar-refractivity contribution in [2.75, 3.05) is 26.9 Å². The van der Waals surface area contributed by atoms with Crippen LogP contribution in [0.15, 0.2) is 0 Å². The lowest BCUT2D eigenvalue weighted by molar-refractivity contribution is -0.0835. The molecule has 0 spiro atoms. The van der Waals surface area contributed by atoms with E-state index < -0.39 is 0 Å². The topological polar surface area (TPSA) is 44.5 Å². The molecule has 0 saturated heterocycles. The van der Waals surface area contributed by atoms with Crippen molar-refractivity contribution >= 4 is 0 Å². The first-order valence-electron chi connectivity index (χ1n) is 5.55. The molecule has 0 aliphatic heterocycles. The van der Waals surface area contributed by atoms with Crippen LogP contribution in [0.5, 0.6) is 0 Å². The second-order valence-corrected chi connectivity index (χ2v) is 4.41. The van der Waals surface area contributed by atoms with Crippen LogP contribution in [-0.4, -0.2) is 32.5 Å². The fourth-order valence-corrected chi connectivity index (χ4v) is 2.04. The van der Waals surface area contributed by atoms with Gasteiger partial charge in [-0.2, -0.15) is 0 Å². The fourth-order valence-electron chi connectivity index (χ4n) is 2.04. The third-order valence-electron chi connectivity index (χ3n) is 3.25. The van der Waals surface area contributed by atoms with Crippen LogP contribution in [0.1, 0.15) is 32.6 Å². The molecule has 84 valence electrons. The largest absolute Gasteiger partial charge is 0.382 e. The number of hydrogen-bond donors (Lipinski definition) is 1. The molecule has 1 fully saturated rings. The molecule has 0 amide bonds. The van der Waals surface area contributed by atoms with Gasteiger partial charge in [0.1, 0.15) is 0 Å². The summed E-state index contributed by atoms with van der Waals surface area (Å²) >= 11 is 0. The Bertz CT molecular complexity index is 153. The summed E-state index contributed by atoms with van der Waals surface area (Å²) in [7, 11) is 1.70. The number of rotatable bonds is 5. The van der Waals surface area contributed by atoms with Gasteiger partial charge in [0, 0.05) is 13.7 Å². The normalized spacial score (nSPS) is 33.2. The molecule has 0 aromatic carbocycles. The van der Waals surface area contributed by atoms with E-state index in [0.29, 0.717) is 19.8 Å². The zero-order valence-electron chi connectivity index (χ0n) is 9.42. The number of nitrogens with two attached hydrogens (primary N) is 1. The Balaban J connectivity index is 2.34. The van der Waals surface area contributed by atoms with E-state index in [1.165, 1.54) is 12.8 Å². The molecular formula is C11H23NO2. The lowest BCUT2D eigenvalue weighted by Crippen LogP contribution is -2.44. The quantitative estimate of drug-likeness (QED) is 0.686. The molecular weight excluding hydrogens is 178 g/mol. The number of ether oxygens (including phenoxy) is 2. The van der Waals surface area contributed by atoms with Gasteiger partial charge in [-0.1, -0.05) is 6.92 Å². The zero-order chi connectivity index (χ0) is 10.4. The van der Waals surface area contributed by atoms with Crippen LogP contribution < -0.4 is 5.73 Å². The number of methoxy groups -OCH3 is 1. The molecule has 14 heavy (non-hydrogen) atoms. The van der Waals surface area contributed by atoms with Gasteiger partial charge in [0.15, 0.2) is 0 Å². The van der Waals surface area contributed by atoms with Crippen LogP contribution in [0.4, 0.5) is 0 Å². The Hall–Kier alpha value is -0.120. The average Bonchev–Trinajstić information content (AvgIpc) is 2.22. The lowest BCUT2D eigenvalue weighted by Gasteiger charge is -2.38. The summed E-state index contributed by atoms with van der Waals surface area (Å²) in [6.07, 6.45) is 4.69. The van der Waals surface area contributed by atoms with Gasteiger partial charge in [-0.05, 0) is 31.6 Å². The summed E-state index contributed by atoms with van der Waals surface area (Å²) in [6.45, 7) is 4.28. The van der Waals surface area contributed by atoms with Crippen molar-refractivity contribution in [1.82, 2.24) is 0 Å². The van der Waals surface area contributed by atoms with Gasteiger partial charge in [-0.15, -0.1) is 0 Å². The molecule has 0 unspecified atom stereocenters. The Morgan fingerprint density at radius 1 is 1.29 bits per heavy atom. The minimum atomic E-state index is -0.0506. The maximum absolute atomic E-state index is 5.86.